The molecule has 7 heteroatoms. The van der Waals surface area contributed by atoms with Crippen LogP contribution in [0.2, 0.25) is 5.02 Å². The van der Waals surface area contributed by atoms with Gasteiger partial charge < -0.3 is 15.4 Å². The van der Waals surface area contributed by atoms with Gasteiger partial charge in [0, 0.05) is 17.6 Å². The van der Waals surface area contributed by atoms with E-state index in [1.807, 2.05) is 12.1 Å². The maximum Gasteiger partial charge on any atom is 0.274 e. The van der Waals surface area contributed by atoms with Crippen molar-refractivity contribution in [2.24, 2.45) is 0 Å². The van der Waals surface area contributed by atoms with Crippen molar-refractivity contribution in [3.05, 3.63) is 71.0 Å². The first kappa shape index (κ1) is 19.6. The van der Waals surface area contributed by atoms with E-state index in [-0.39, 0.29) is 11.6 Å². The van der Waals surface area contributed by atoms with Crippen LogP contribution in [-0.2, 0) is 0 Å². The molecule has 1 heterocycles. The zero-order valence-corrected chi connectivity index (χ0v) is 16.6. The zero-order chi connectivity index (χ0) is 20.1. The summed E-state index contributed by atoms with van der Waals surface area (Å²) < 4.78 is 5.11. The van der Waals surface area contributed by atoms with Gasteiger partial charge in [-0.15, -0.1) is 0 Å². The number of aromatic nitrogens is 2. The molecule has 0 spiro atoms. The standard InChI is InChI=1S/C21H21ClN4O2/c1-13(2)14-4-6-15(7-5-14)25-21-23-11-10-18(26-21)20(27)24-16-8-9-19(28-3)17(22)12-16/h4-13H,1-3H3,(H,24,27)(H,23,25,26). The van der Waals surface area contributed by atoms with E-state index in [2.05, 4.69) is 46.6 Å². The Hall–Kier alpha value is -3.12. The predicted molar refractivity (Wildman–Crippen MR) is 112 cm³/mol. The Labute approximate surface area is 168 Å². The fraction of sp³-hybridized carbons (Fsp3) is 0.190. The minimum absolute atomic E-state index is 0.239. The Bertz CT molecular complexity index is 974. The Morgan fingerprint density at radius 2 is 1.79 bits per heavy atom. The third-order valence-corrected chi connectivity index (χ3v) is 4.43. The molecule has 2 N–H and O–H groups in total. The number of hydrogen-bond donors (Lipinski definition) is 2. The van der Waals surface area contributed by atoms with Gasteiger partial charge in [-0.25, -0.2) is 9.97 Å². The van der Waals surface area contributed by atoms with Crippen molar-refractivity contribution >= 4 is 34.8 Å². The molecule has 0 unspecified atom stereocenters. The minimum Gasteiger partial charge on any atom is -0.495 e. The summed E-state index contributed by atoms with van der Waals surface area (Å²) in [5.74, 6) is 0.986. The fourth-order valence-electron chi connectivity index (χ4n) is 2.57. The molecule has 6 nitrogen and oxygen atoms in total. The topological polar surface area (TPSA) is 76.1 Å². The quantitative estimate of drug-likeness (QED) is 0.594. The average molecular weight is 397 g/mol. The van der Waals surface area contributed by atoms with Gasteiger partial charge in [0.1, 0.15) is 11.4 Å². The van der Waals surface area contributed by atoms with E-state index >= 15 is 0 Å². The SMILES string of the molecule is COc1ccc(NC(=O)c2ccnc(Nc3ccc(C(C)C)cc3)n2)cc1Cl. The predicted octanol–water partition coefficient (Wildman–Crippen LogP) is 5.26. The van der Waals surface area contributed by atoms with Crippen molar-refractivity contribution < 1.29 is 9.53 Å². The van der Waals surface area contributed by atoms with Crippen molar-refractivity contribution in [2.75, 3.05) is 17.7 Å². The first-order chi connectivity index (χ1) is 13.5. The molecule has 0 atom stereocenters. The summed E-state index contributed by atoms with van der Waals surface area (Å²) in [7, 11) is 1.53. The second-order valence-electron chi connectivity index (χ2n) is 6.47. The summed E-state index contributed by atoms with van der Waals surface area (Å²) in [4.78, 5) is 21.0. The molecule has 0 fully saturated rings. The van der Waals surface area contributed by atoms with Crippen molar-refractivity contribution in [1.29, 1.82) is 0 Å². The highest BCUT2D eigenvalue weighted by Gasteiger charge is 2.11. The van der Waals surface area contributed by atoms with Crippen LogP contribution >= 0.6 is 11.6 Å². The second kappa shape index (κ2) is 8.71. The lowest BCUT2D eigenvalue weighted by molar-refractivity contribution is 0.102. The largest absolute Gasteiger partial charge is 0.495 e. The van der Waals surface area contributed by atoms with Gasteiger partial charge in [-0.3, -0.25) is 4.79 Å². The lowest BCUT2D eigenvalue weighted by Crippen LogP contribution is -2.14. The molecule has 3 rings (SSSR count). The maximum atomic E-state index is 12.5. The molecule has 0 aliphatic heterocycles. The number of rotatable bonds is 6. The van der Waals surface area contributed by atoms with Crippen molar-refractivity contribution in [3.8, 4) is 5.75 Å². The molecular weight excluding hydrogens is 376 g/mol. The van der Waals surface area contributed by atoms with Gasteiger partial charge in [0.25, 0.3) is 5.91 Å². The third-order valence-electron chi connectivity index (χ3n) is 4.13. The number of nitrogens with one attached hydrogen (secondary N) is 2. The summed E-state index contributed by atoms with van der Waals surface area (Å²) in [6.45, 7) is 4.28. The van der Waals surface area contributed by atoms with E-state index < -0.39 is 0 Å². The highest BCUT2D eigenvalue weighted by molar-refractivity contribution is 6.32. The number of ether oxygens (including phenoxy) is 1. The van der Waals surface area contributed by atoms with Gasteiger partial charge in [0.05, 0.1) is 12.1 Å². The number of methoxy groups -OCH3 is 1. The van der Waals surface area contributed by atoms with Gasteiger partial charge in [-0.05, 0) is 47.9 Å². The van der Waals surface area contributed by atoms with E-state index in [9.17, 15) is 4.79 Å². The molecule has 1 amide bonds. The summed E-state index contributed by atoms with van der Waals surface area (Å²) in [6, 6.07) is 14.6. The van der Waals surface area contributed by atoms with Gasteiger partial charge in [0.15, 0.2) is 0 Å². The van der Waals surface area contributed by atoms with Crippen molar-refractivity contribution in [3.63, 3.8) is 0 Å². The molecule has 28 heavy (non-hydrogen) atoms. The summed E-state index contributed by atoms with van der Waals surface area (Å²) >= 11 is 6.09. The van der Waals surface area contributed by atoms with Gasteiger partial charge in [0.2, 0.25) is 5.95 Å². The lowest BCUT2D eigenvalue weighted by Gasteiger charge is -2.10. The van der Waals surface area contributed by atoms with Crippen LogP contribution in [0.4, 0.5) is 17.3 Å². The van der Waals surface area contributed by atoms with Crippen molar-refractivity contribution in [2.45, 2.75) is 19.8 Å². The zero-order valence-electron chi connectivity index (χ0n) is 15.9. The molecule has 0 aliphatic rings. The number of nitrogens with zero attached hydrogens (tertiary/aromatic N) is 2. The Morgan fingerprint density at radius 1 is 1.07 bits per heavy atom. The van der Waals surface area contributed by atoms with E-state index in [1.54, 1.807) is 24.3 Å². The number of anilines is 3. The molecule has 1 aromatic heterocycles. The molecule has 0 aliphatic carbocycles. The summed E-state index contributed by atoms with van der Waals surface area (Å²) in [5.41, 5.74) is 2.89. The molecule has 0 saturated heterocycles. The normalized spacial score (nSPS) is 10.6. The van der Waals surface area contributed by atoms with E-state index in [0.29, 0.717) is 28.3 Å². The van der Waals surface area contributed by atoms with E-state index in [0.717, 1.165) is 5.69 Å². The molecule has 2 aromatic carbocycles. The maximum absolute atomic E-state index is 12.5. The van der Waals surface area contributed by atoms with Gasteiger partial charge >= 0.3 is 0 Å². The first-order valence-electron chi connectivity index (χ1n) is 8.81. The Kier molecular flexibility index (Phi) is 6.11. The number of hydrogen-bond acceptors (Lipinski definition) is 5. The fourth-order valence-corrected chi connectivity index (χ4v) is 2.82. The minimum atomic E-state index is -0.359. The number of carbonyl (C=O) groups excluding carboxylic acids is 1. The number of amides is 1. The molecule has 0 bridgehead atoms. The van der Waals surface area contributed by atoms with Gasteiger partial charge in [-0.2, -0.15) is 0 Å². The smallest absolute Gasteiger partial charge is 0.274 e. The van der Waals surface area contributed by atoms with Crippen molar-refractivity contribution in [1.82, 2.24) is 9.97 Å². The van der Waals surface area contributed by atoms with Crippen LogP contribution in [0.5, 0.6) is 5.75 Å². The monoisotopic (exact) mass is 396 g/mol. The van der Waals surface area contributed by atoms with Crippen LogP contribution in [0.25, 0.3) is 0 Å². The second-order valence-corrected chi connectivity index (χ2v) is 6.88. The van der Waals surface area contributed by atoms with Crippen LogP contribution in [0.3, 0.4) is 0 Å². The third kappa shape index (κ3) is 4.78. The highest BCUT2D eigenvalue weighted by atomic mass is 35.5. The number of benzene rings is 2. The molecule has 3 aromatic rings. The van der Waals surface area contributed by atoms with Crippen LogP contribution in [0, 0.1) is 0 Å². The molecule has 0 saturated carbocycles. The van der Waals surface area contributed by atoms with Gasteiger partial charge in [-0.1, -0.05) is 37.6 Å². The van der Waals surface area contributed by atoms with Crippen LogP contribution < -0.4 is 15.4 Å². The molecular formula is C21H21ClN4O2. The molecule has 0 radical (unpaired) electrons. The average Bonchev–Trinajstić information content (AvgIpc) is 2.69. The first-order valence-corrected chi connectivity index (χ1v) is 9.19. The van der Waals surface area contributed by atoms with Crippen LogP contribution in [-0.4, -0.2) is 23.0 Å². The van der Waals surface area contributed by atoms with Crippen LogP contribution in [0.15, 0.2) is 54.7 Å². The number of halogens is 1. The summed E-state index contributed by atoms with van der Waals surface area (Å²) in [6.07, 6.45) is 1.54. The molecule has 144 valence electrons. The van der Waals surface area contributed by atoms with E-state index in [1.165, 1.54) is 18.9 Å². The lowest BCUT2D eigenvalue weighted by atomic mass is 10.0. The van der Waals surface area contributed by atoms with E-state index in [4.69, 9.17) is 16.3 Å². The Morgan fingerprint density at radius 3 is 2.43 bits per heavy atom. The number of carbonyl (C=O) groups is 1. The highest BCUT2D eigenvalue weighted by Crippen LogP contribution is 2.27. The summed E-state index contributed by atoms with van der Waals surface area (Å²) in [5, 5.41) is 6.29. The van der Waals surface area contributed by atoms with Crippen LogP contribution in [0.1, 0.15) is 35.8 Å². The Balaban J connectivity index is 1.71.